The van der Waals surface area contributed by atoms with E-state index >= 15 is 0 Å². The molecule has 2 rings (SSSR count). The Morgan fingerprint density at radius 1 is 1.33 bits per heavy atom. The molecule has 0 atom stereocenters. The van der Waals surface area contributed by atoms with Gasteiger partial charge in [-0.05, 0) is 30.9 Å². The summed E-state index contributed by atoms with van der Waals surface area (Å²) >= 11 is 1.77. The Bertz CT molecular complexity index is 533. The molecule has 0 aliphatic carbocycles. The molecule has 96 valence electrons. The van der Waals surface area contributed by atoms with E-state index in [9.17, 15) is 4.79 Å². The van der Waals surface area contributed by atoms with Crippen LogP contribution >= 0.6 is 11.3 Å². The first kappa shape index (κ1) is 13.0. The van der Waals surface area contributed by atoms with E-state index in [-0.39, 0.29) is 5.56 Å². The van der Waals surface area contributed by atoms with Crippen molar-refractivity contribution < 1.29 is 0 Å². The maximum absolute atomic E-state index is 11.5. The summed E-state index contributed by atoms with van der Waals surface area (Å²) in [7, 11) is 0. The van der Waals surface area contributed by atoms with Gasteiger partial charge < -0.3 is 5.32 Å². The quantitative estimate of drug-likeness (QED) is 0.802. The van der Waals surface area contributed by atoms with E-state index in [2.05, 4.69) is 27.9 Å². The average Bonchev–Trinajstić information content (AvgIpc) is 2.86. The number of nitrogens with zero attached hydrogens (tertiary/aromatic N) is 2. The number of aryl methyl sites for hydroxylation is 1. The number of hydrogen-bond donors (Lipinski definition) is 1. The molecule has 0 aliphatic heterocycles. The SMILES string of the molecule is Cc1ccc(=O)n(CCNCCc2cccs2)n1. The number of hydrogen-bond acceptors (Lipinski definition) is 4. The van der Waals surface area contributed by atoms with Crippen molar-refractivity contribution in [3.8, 4) is 0 Å². The third-order valence-corrected chi connectivity index (χ3v) is 3.56. The average molecular weight is 263 g/mol. The molecule has 0 saturated heterocycles. The molecule has 1 N–H and O–H groups in total. The molecule has 0 radical (unpaired) electrons. The van der Waals surface area contributed by atoms with Gasteiger partial charge in [-0.3, -0.25) is 4.79 Å². The maximum Gasteiger partial charge on any atom is 0.266 e. The van der Waals surface area contributed by atoms with Crippen LogP contribution < -0.4 is 10.9 Å². The normalized spacial score (nSPS) is 10.7. The van der Waals surface area contributed by atoms with Gasteiger partial charge in [0.2, 0.25) is 0 Å². The summed E-state index contributed by atoms with van der Waals surface area (Å²) in [6.07, 6.45) is 1.04. The van der Waals surface area contributed by atoms with Crippen LogP contribution in [0.15, 0.2) is 34.4 Å². The van der Waals surface area contributed by atoms with Gasteiger partial charge in [0, 0.05) is 24.0 Å². The standard InChI is InChI=1S/C13H17N3OS/c1-11-4-5-13(17)16(15-11)9-8-14-7-6-12-3-2-10-18-12/h2-5,10,14H,6-9H2,1H3. The van der Waals surface area contributed by atoms with E-state index < -0.39 is 0 Å². The van der Waals surface area contributed by atoms with E-state index in [4.69, 9.17) is 0 Å². The maximum atomic E-state index is 11.5. The van der Waals surface area contributed by atoms with Crippen LogP contribution in [0.25, 0.3) is 0 Å². The largest absolute Gasteiger partial charge is 0.315 e. The molecule has 0 saturated carbocycles. The van der Waals surface area contributed by atoms with E-state index in [0.717, 1.165) is 25.2 Å². The van der Waals surface area contributed by atoms with Gasteiger partial charge in [-0.1, -0.05) is 6.07 Å². The minimum absolute atomic E-state index is 0.0411. The fraction of sp³-hybridized carbons (Fsp3) is 0.385. The summed E-state index contributed by atoms with van der Waals surface area (Å²) in [5, 5.41) is 9.60. The summed E-state index contributed by atoms with van der Waals surface area (Å²) < 4.78 is 1.51. The lowest BCUT2D eigenvalue weighted by Crippen LogP contribution is -2.29. The van der Waals surface area contributed by atoms with Gasteiger partial charge in [0.05, 0.1) is 12.2 Å². The monoisotopic (exact) mass is 263 g/mol. The lowest BCUT2D eigenvalue weighted by Gasteiger charge is -2.06. The highest BCUT2D eigenvalue weighted by Crippen LogP contribution is 2.07. The summed E-state index contributed by atoms with van der Waals surface area (Å²) in [6.45, 7) is 4.20. The zero-order chi connectivity index (χ0) is 12.8. The van der Waals surface area contributed by atoms with Crippen molar-refractivity contribution in [2.45, 2.75) is 19.9 Å². The van der Waals surface area contributed by atoms with Gasteiger partial charge >= 0.3 is 0 Å². The summed E-state index contributed by atoms with van der Waals surface area (Å²) in [4.78, 5) is 12.9. The first-order chi connectivity index (χ1) is 8.75. The molecule has 2 aromatic rings. The van der Waals surface area contributed by atoms with E-state index in [1.54, 1.807) is 23.5 Å². The smallest absolute Gasteiger partial charge is 0.266 e. The van der Waals surface area contributed by atoms with Gasteiger partial charge in [-0.15, -0.1) is 11.3 Å². The lowest BCUT2D eigenvalue weighted by molar-refractivity contribution is 0.529. The molecule has 0 spiro atoms. The highest BCUT2D eigenvalue weighted by Gasteiger charge is 1.98. The van der Waals surface area contributed by atoms with Gasteiger partial charge in [0.1, 0.15) is 0 Å². The van der Waals surface area contributed by atoms with Crippen molar-refractivity contribution >= 4 is 11.3 Å². The Labute approximate surface area is 110 Å². The van der Waals surface area contributed by atoms with E-state index in [1.165, 1.54) is 9.56 Å². The first-order valence-corrected chi connectivity index (χ1v) is 6.91. The molecule has 2 aromatic heterocycles. The van der Waals surface area contributed by atoms with Crippen molar-refractivity contribution in [2.24, 2.45) is 0 Å². The summed E-state index contributed by atoms with van der Waals surface area (Å²) in [5.74, 6) is 0. The van der Waals surface area contributed by atoms with Crippen LogP contribution in [0.3, 0.4) is 0 Å². The van der Waals surface area contributed by atoms with Crippen LogP contribution in [0.1, 0.15) is 10.6 Å². The minimum Gasteiger partial charge on any atom is -0.315 e. The molecule has 0 fully saturated rings. The molecule has 0 aromatic carbocycles. The van der Waals surface area contributed by atoms with Gasteiger partial charge in [0.15, 0.2) is 0 Å². The van der Waals surface area contributed by atoms with E-state index in [0.29, 0.717) is 6.54 Å². The Morgan fingerprint density at radius 3 is 3.00 bits per heavy atom. The fourth-order valence-corrected chi connectivity index (χ4v) is 2.40. The Balaban J connectivity index is 1.72. The topological polar surface area (TPSA) is 46.9 Å². The second-order valence-electron chi connectivity index (χ2n) is 4.12. The molecule has 5 heteroatoms. The van der Waals surface area contributed by atoms with E-state index in [1.807, 2.05) is 6.92 Å². The number of aromatic nitrogens is 2. The molecule has 0 unspecified atom stereocenters. The van der Waals surface area contributed by atoms with Gasteiger partial charge in [-0.25, -0.2) is 4.68 Å². The Hall–Kier alpha value is -1.46. The Morgan fingerprint density at radius 2 is 2.22 bits per heavy atom. The highest BCUT2D eigenvalue weighted by atomic mass is 32.1. The van der Waals surface area contributed by atoms with Crippen LogP contribution in [-0.2, 0) is 13.0 Å². The van der Waals surface area contributed by atoms with Crippen molar-refractivity contribution in [3.63, 3.8) is 0 Å². The Kier molecular flexibility index (Phi) is 4.66. The van der Waals surface area contributed by atoms with Crippen molar-refractivity contribution in [1.82, 2.24) is 15.1 Å². The second kappa shape index (κ2) is 6.47. The van der Waals surface area contributed by atoms with Crippen LogP contribution in [0.2, 0.25) is 0 Å². The van der Waals surface area contributed by atoms with Crippen LogP contribution in [0.5, 0.6) is 0 Å². The molecule has 18 heavy (non-hydrogen) atoms. The summed E-state index contributed by atoms with van der Waals surface area (Å²) in [6, 6.07) is 7.51. The molecule has 2 heterocycles. The molecule has 0 amide bonds. The van der Waals surface area contributed by atoms with Crippen molar-refractivity contribution in [2.75, 3.05) is 13.1 Å². The van der Waals surface area contributed by atoms with Crippen LogP contribution in [0.4, 0.5) is 0 Å². The molecular formula is C13H17N3OS. The summed E-state index contributed by atoms with van der Waals surface area (Å²) in [5.41, 5.74) is 0.828. The predicted octanol–water partition coefficient (Wildman–Crippen LogP) is 1.45. The molecule has 0 aliphatic rings. The van der Waals surface area contributed by atoms with Crippen molar-refractivity contribution in [1.29, 1.82) is 0 Å². The van der Waals surface area contributed by atoms with Crippen LogP contribution in [0, 0.1) is 6.92 Å². The number of thiophene rings is 1. The van der Waals surface area contributed by atoms with Gasteiger partial charge in [0.25, 0.3) is 5.56 Å². The fourth-order valence-electron chi connectivity index (χ4n) is 1.69. The van der Waals surface area contributed by atoms with Gasteiger partial charge in [-0.2, -0.15) is 5.10 Å². The predicted molar refractivity (Wildman–Crippen MR) is 74.1 cm³/mol. The molecular weight excluding hydrogens is 246 g/mol. The third-order valence-electron chi connectivity index (χ3n) is 2.63. The second-order valence-corrected chi connectivity index (χ2v) is 5.15. The molecule has 4 nitrogen and oxygen atoms in total. The molecule has 0 bridgehead atoms. The number of rotatable bonds is 6. The minimum atomic E-state index is -0.0411. The highest BCUT2D eigenvalue weighted by molar-refractivity contribution is 7.09. The lowest BCUT2D eigenvalue weighted by atomic mass is 10.3. The van der Waals surface area contributed by atoms with Crippen molar-refractivity contribution in [3.05, 3.63) is 50.6 Å². The number of nitrogens with one attached hydrogen (secondary N) is 1. The zero-order valence-corrected chi connectivity index (χ0v) is 11.2. The zero-order valence-electron chi connectivity index (χ0n) is 10.4. The first-order valence-electron chi connectivity index (χ1n) is 6.03. The van der Waals surface area contributed by atoms with Crippen LogP contribution in [-0.4, -0.2) is 22.9 Å². The third kappa shape index (κ3) is 3.78.